The minimum Gasteiger partial charge on any atom is -0.491 e. The highest BCUT2D eigenvalue weighted by Crippen LogP contribution is 2.37. The average molecular weight is 320 g/mol. The van der Waals surface area contributed by atoms with Gasteiger partial charge in [0.05, 0.1) is 17.9 Å². The molecule has 1 aliphatic carbocycles. The van der Waals surface area contributed by atoms with E-state index in [0.29, 0.717) is 12.5 Å². The monoisotopic (exact) mass is 320 g/mol. The Balaban J connectivity index is 2.07. The van der Waals surface area contributed by atoms with E-state index in [1.54, 1.807) is 0 Å². The zero-order chi connectivity index (χ0) is 16.9. The summed E-state index contributed by atoms with van der Waals surface area (Å²) >= 11 is 0. The molecule has 2 rings (SSSR count). The van der Waals surface area contributed by atoms with Crippen molar-refractivity contribution in [2.45, 2.75) is 64.9 Å². The van der Waals surface area contributed by atoms with Crippen molar-refractivity contribution >= 4 is 11.4 Å². The van der Waals surface area contributed by atoms with Crippen LogP contribution in [0.4, 0.5) is 11.4 Å². The third kappa shape index (κ3) is 4.77. The number of aliphatic hydroxyl groups is 1. The molecule has 1 fully saturated rings. The number of anilines is 2. The van der Waals surface area contributed by atoms with Crippen molar-refractivity contribution in [2.75, 3.05) is 24.2 Å². The minimum absolute atomic E-state index is 0.479. The van der Waals surface area contributed by atoms with E-state index < -0.39 is 5.60 Å². The Morgan fingerprint density at radius 2 is 2.00 bits per heavy atom. The lowest BCUT2D eigenvalue weighted by atomic mass is 9.80. The van der Waals surface area contributed by atoms with Crippen LogP contribution >= 0.6 is 0 Å². The van der Waals surface area contributed by atoms with Gasteiger partial charge >= 0.3 is 0 Å². The average Bonchev–Trinajstić information content (AvgIpc) is 2.51. The molecule has 0 bridgehead atoms. The first kappa shape index (κ1) is 17.9. The zero-order valence-electron chi connectivity index (χ0n) is 14.8. The predicted molar refractivity (Wildman–Crippen MR) is 97.1 cm³/mol. The molecule has 0 atom stereocenters. The minimum atomic E-state index is -0.479. The van der Waals surface area contributed by atoms with Gasteiger partial charge in [0.1, 0.15) is 11.4 Å². The molecule has 4 heteroatoms. The predicted octanol–water partition coefficient (Wildman–Crippen LogP) is 3.97. The second-order valence-electron chi connectivity index (χ2n) is 7.02. The quantitative estimate of drug-likeness (QED) is 0.665. The third-order valence-corrected chi connectivity index (χ3v) is 4.83. The molecule has 1 saturated carbocycles. The van der Waals surface area contributed by atoms with Crippen LogP contribution in [0, 0.1) is 5.92 Å². The van der Waals surface area contributed by atoms with Crippen LogP contribution in [0.25, 0.3) is 0 Å². The highest BCUT2D eigenvalue weighted by Gasteiger charge is 2.28. The third-order valence-electron chi connectivity index (χ3n) is 4.83. The van der Waals surface area contributed by atoms with Crippen LogP contribution in [0.1, 0.15) is 58.4 Å². The van der Waals surface area contributed by atoms with Crippen molar-refractivity contribution in [3.63, 3.8) is 0 Å². The number of hydrogen-bond acceptors (Lipinski definition) is 4. The van der Waals surface area contributed by atoms with E-state index in [4.69, 9.17) is 10.5 Å². The van der Waals surface area contributed by atoms with Crippen molar-refractivity contribution in [1.82, 2.24) is 0 Å². The van der Waals surface area contributed by atoms with Crippen LogP contribution in [0.2, 0.25) is 0 Å². The largest absolute Gasteiger partial charge is 0.491 e. The highest BCUT2D eigenvalue weighted by atomic mass is 16.5. The van der Waals surface area contributed by atoms with E-state index in [9.17, 15) is 5.11 Å². The molecule has 0 saturated heterocycles. The molecule has 23 heavy (non-hydrogen) atoms. The van der Waals surface area contributed by atoms with Crippen molar-refractivity contribution in [3.05, 3.63) is 17.7 Å². The van der Waals surface area contributed by atoms with Crippen molar-refractivity contribution in [3.8, 4) is 5.75 Å². The van der Waals surface area contributed by atoms with Gasteiger partial charge in [-0.25, -0.2) is 0 Å². The van der Waals surface area contributed by atoms with E-state index in [1.165, 1.54) is 5.56 Å². The van der Waals surface area contributed by atoms with Crippen LogP contribution in [-0.4, -0.2) is 23.9 Å². The van der Waals surface area contributed by atoms with Crippen LogP contribution in [0.3, 0.4) is 0 Å². The zero-order valence-corrected chi connectivity index (χ0v) is 14.8. The van der Waals surface area contributed by atoms with E-state index in [-0.39, 0.29) is 0 Å². The van der Waals surface area contributed by atoms with Gasteiger partial charge in [-0.2, -0.15) is 0 Å². The Labute approximate surface area is 140 Å². The second-order valence-corrected chi connectivity index (χ2v) is 7.02. The van der Waals surface area contributed by atoms with Gasteiger partial charge in [0.15, 0.2) is 0 Å². The fourth-order valence-corrected chi connectivity index (χ4v) is 3.35. The molecule has 0 unspecified atom stereocenters. The summed E-state index contributed by atoms with van der Waals surface area (Å²) in [6, 6.07) is 4.05. The number of benzene rings is 1. The molecule has 0 spiro atoms. The first-order valence-electron chi connectivity index (χ1n) is 8.97. The maximum atomic E-state index is 10.1. The fraction of sp³-hybridized carbons (Fsp3) is 0.684. The summed E-state index contributed by atoms with van der Waals surface area (Å²) in [5, 5.41) is 13.6. The SMILES string of the molecule is CCCc1ccc(N)c(NCC2CCC(C)(O)CC2)c1OCC. The normalized spacial score (nSPS) is 24.4. The van der Waals surface area contributed by atoms with E-state index in [1.807, 2.05) is 19.9 Å². The number of rotatable bonds is 7. The first-order valence-corrected chi connectivity index (χ1v) is 8.97. The van der Waals surface area contributed by atoms with E-state index in [0.717, 1.165) is 62.2 Å². The van der Waals surface area contributed by atoms with Crippen LogP contribution in [-0.2, 0) is 6.42 Å². The van der Waals surface area contributed by atoms with Gasteiger partial charge in [-0.3, -0.25) is 0 Å². The maximum Gasteiger partial charge on any atom is 0.147 e. The van der Waals surface area contributed by atoms with Gasteiger partial charge < -0.3 is 20.9 Å². The Kier molecular flexibility index (Phi) is 6.17. The van der Waals surface area contributed by atoms with Gasteiger partial charge in [-0.15, -0.1) is 0 Å². The molecule has 130 valence electrons. The highest BCUT2D eigenvalue weighted by molar-refractivity contribution is 5.75. The molecular weight excluding hydrogens is 288 g/mol. The van der Waals surface area contributed by atoms with Crippen LogP contribution in [0.15, 0.2) is 12.1 Å². The summed E-state index contributed by atoms with van der Waals surface area (Å²) < 4.78 is 5.89. The summed E-state index contributed by atoms with van der Waals surface area (Å²) in [7, 11) is 0. The number of nitrogens with one attached hydrogen (secondary N) is 1. The summed E-state index contributed by atoms with van der Waals surface area (Å²) in [5.74, 6) is 1.50. The number of nitrogens with two attached hydrogens (primary N) is 1. The molecule has 0 aliphatic heterocycles. The van der Waals surface area contributed by atoms with Crippen molar-refractivity contribution in [1.29, 1.82) is 0 Å². The molecular formula is C19H32N2O2. The number of aryl methyl sites for hydroxylation is 1. The fourth-order valence-electron chi connectivity index (χ4n) is 3.35. The van der Waals surface area contributed by atoms with Gasteiger partial charge in [-0.05, 0) is 63.5 Å². The van der Waals surface area contributed by atoms with Gasteiger partial charge in [0.2, 0.25) is 0 Å². The van der Waals surface area contributed by atoms with E-state index >= 15 is 0 Å². The lowest BCUT2D eigenvalue weighted by Gasteiger charge is -2.33. The molecule has 4 N–H and O–H groups in total. The smallest absolute Gasteiger partial charge is 0.147 e. The van der Waals surface area contributed by atoms with E-state index in [2.05, 4.69) is 18.3 Å². The Morgan fingerprint density at radius 1 is 1.30 bits per heavy atom. The lowest BCUT2D eigenvalue weighted by Crippen LogP contribution is -2.32. The summed E-state index contributed by atoms with van der Waals surface area (Å²) in [6.45, 7) is 7.64. The molecule has 1 aromatic rings. The molecule has 1 aromatic carbocycles. The van der Waals surface area contributed by atoms with Crippen LogP contribution in [0.5, 0.6) is 5.75 Å². The first-order chi connectivity index (χ1) is 11.0. The van der Waals surface area contributed by atoms with Gasteiger partial charge in [0, 0.05) is 6.54 Å². The summed E-state index contributed by atoms with van der Waals surface area (Å²) in [6.07, 6.45) is 5.95. The number of nitrogen functional groups attached to an aromatic ring is 1. The molecule has 0 radical (unpaired) electrons. The number of hydrogen-bond donors (Lipinski definition) is 3. The van der Waals surface area contributed by atoms with Crippen LogP contribution < -0.4 is 15.8 Å². The standard InChI is InChI=1S/C19H32N2O2/c1-4-6-15-7-8-16(20)17(18(15)23-5-2)21-13-14-9-11-19(3,22)12-10-14/h7-8,14,21-22H,4-6,9-13,20H2,1-3H3. The molecule has 0 amide bonds. The Bertz CT molecular complexity index is 504. The number of ether oxygens (including phenoxy) is 1. The lowest BCUT2D eigenvalue weighted by molar-refractivity contribution is 0.00976. The molecule has 0 heterocycles. The maximum absolute atomic E-state index is 10.1. The summed E-state index contributed by atoms with van der Waals surface area (Å²) in [5.41, 5.74) is 8.62. The molecule has 4 nitrogen and oxygen atoms in total. The molecule has 0 aromatic heterocycles. The topological polar surface area (TPSA) is 67.5 Å². The summed E-state index contributed by atoms with van der Waals surface area (Å²) in [4.78, 5) is 0. The Hall–Kier alpha value is -1.42. The second kappa shape index (κ2) is 7.91. The van der Waals surface area contributed by atoms with Crippen molar-refractivity contribution in [2.24, 2.45) is 5.92 Å². The van der Waals surface area contributed by atoms with Crippen molar-refractivity contribution < 1.29 is 9.84 Å². The Morgan fingerprint density at radius 3 is 2.61 bits per heavy atom. The van der Waals surface area contributed by atoms with Gasteiger partial charge in [-0.1, -0.05) is 19.4 Å². The van der Waals surface area contributed by atoms with Gasteiger partial charge in [0.25, 0.3) is 0 Å². The molecule has 1 aliphatic rings.